The van der Waals surface area contributed by atoms with E-state index in [4.69, 9.17) is 17.3 Å². The number of rotatable bonds is 4. The number of hydrogen-bond acceptors (Lipinski definition) is 2. The summed E-state index contributed by atoms with van der Waals surface area (Å²) in [5.41, 5.74) is 7.85. The molecular formula is C13H19ClN2. The molecule has 2 rings (SSSR count). The molecule has 3 N–H and O–H groups in total. The average Bonchev–Trinajstić information content (AvgIpc) is 2.97. The fraction of sp³-hybridized carbons (Fsp3) is 0.538. The minimum absolute atomic E-state index is 0.491. The Morgan fingerprint density at radius 3 is 2.62 bits per heavy atom. The standard InChI is InChI=1S/C13H19ClN2/c1-9(2)13(5-6-13)8-16-12-4-3-10(15)7-11(12)14/h3-4,7,9,16H,5-6,8,15H2,1-2H3. The van der Waals surface area contributed by atoms with Gasteiger partial charge in [-0.2, -0.15) is 0 Å². The molecule has 1 fully saturated rings. The minimum Gasteiger partial charge on any atom is -0.399 e. The molecule has 2 nitrogen and oxygen atoms in total. The molecule has 0 aromatic heterocycles. The van der Waals surface area contributed by atoms with Crippen molar-refractivity contribution in [2.45, 2.75) is 26.7 Å². The van der Waals surface area contributed by atoms with Crippen LogP contribution in [-0.2, 0) is 0 Å². The third-order valence-electron chi connectivity index (χ3n) is 3.74. The average molecular weight is 239 g/mol. The van der Waals surface area contributed by atoms with E-state index in [2.05, 4.69) is 19.2 Å². The van der Waals surface area contributed by atoms with Gasteiger partial charge in [0.1, 0.15) is 0 Å². The molecule has 1 saturated carbocycles. The maximum atomic E-state index is 6.12. The van der Waals surface area contributed by atoms with Gasteiger partial charge in [-0.3, -0.25) is 0 Å². The number of nitrogen functional groups attached to an aromatic ring is 1. The van der Waals surface area contributed by atoms with Gasteiger partial charge in [0.15, 0.2) is 0 Å². The smallest absolute Gasteiger partial charge is 0.0657 e. The van der Waals surface area contributed by atoms with Gasteiger partial charge >= 0.3 is 0 Å². The Bertz CT molecular complexity index is 384. The molecule has 1 aromatic carbocycles. The predicted molar refractivity (Wildman–Crippen MR) is 70.9 cm³/mol. The van der Waals surface area contributed by atoms with Crippen LogP contribution in [0.1, 0.15) is 26.7 Å². The maximum absolute atomic E-state index is 6.12. The predicted octanol–water partition coefficient (Wildman–Crippen LogP) is 3.77. The fourth-order valence-electron chi connectivity index (χ4n) is 2.06. The molecule has 0 saturated heterocycles. The lowest BCUT2D eigenvalue weighted by molar-refractivity contribution is 0.380. The van der Waals surface area contributed by atoms with E-state index in [0.29, 0.717) is 16.1 Å². The lowest BCUT2D eigenvalue weighted by Crippen LogP contribution is -2.20. The van der Waals surface area contributed by atoms with Gasteiger partial charge in [-0.15, -0.1) is 0 Å². The first-order valence-corrected chi connectivity index (χ1v) is 6.20. The van der Waals surface area contributed by atoms with Crippen LogP contribution in [-0.4, -0.2) is 6.54 Å². The summed E-state index contributed by atoms with van der Waals surface area (Å²) in [5, 5.41) is 4.14. The van der Waals surface area contributed by atoms with Crippen molar-refractivity contribution >= 4 is 23.0 Å². The van der Waals surface area contributed by atoms with Crippen LogP contribution in [0, 0.1) is 11.3 Å². The minimum atomic E-state index is 0.491. The summed E-state index contributed by atoms with van der Waals surface area (Å²) in [4.78, 5) is 0. The van der Waals surface area contributed by atoms with E-state index >= 15 is 0 Å². The van der Waals surface area contributed by atoms with Crippen molar-refractivity contribution in [2.75, 3.05) is 17.6 Å². The van der Waals surface area contributed by atoms with Crippen molar-refractivity contribution in [3.63, 3.8) is 0 Å². The number of hydrogen-bond donors (Lipinski definition) is 2. The lowest BCUT2D eigenvalue weighted by atomic mass is 9.92. The van der Waals surface area contributed by atoms with E-state index in [0.717, 1.165) is 18.2 Å². The zero-order valence-electron chi connectivity index (χ0n) is 9.89. The monoisotopic (exact) mass is 238 g/mol. The molecule has 1 aromatic rings. The van der Waals surface area contributed by atoms with Crippen molar-refractivity contribution < 1.29 is 0 Å². The molecule has 16 heavy (non-hydrogen) atoms. The van der Waals surface area contributed by atoms with Crippen LogP contribution in [0.5, 0.6) is 0 Å². The molecule has 0 atom stereocenters. The van der Waals surface area contributed by atoms with Crippen molar-refractivity contribution in [2.24, 2.45) is 11.3 Å². The van der Waals surface area contributed by atoms with Crippen LogP contribution in [0.4, 0.5) is 11.4 Å². The second-order valence-electron chi connectivity index (χ2n) is 5.11. The number of nitrogens with one attached hydrogen (secondary N) is 1. The normalized spacial score (nSPS) is 17.5. The highest BCUT2D eigenvalue weighted by Gasteiger charge is 2.44. The number of anilines is 2. The molecule has 1 aliphatic carbocycles. The van der Waals surface area contributed by atoms with Crippen LogP contribution < -0.4 is 11.1 Å². The zero-order chi connectivity index (χ0) is 11.8. The van der Waals surface area contributed by atoms with Crippen LogP contribution in [0.25, 0.3) is 0 Å². The maximum Gasteiger partial charge on any atom is 0.0657 e. The molecule has 0 spiro atoms. The summed E-state index contributed by atoms with van der Waals surface area (Å²) >= 11 is 6.12. The molecule has 3 heteroatoms. The SMILES string of the molecule is CC(C)C1(CNc2ccc(N)cc2Cl)CC1. The Morgan fingerprint density at radius 1 is 1.44 bits per heavy atom. The third-order valence-corrected chi connectivity index (χ3v) is 4.05. The molecule has 0 bridgehead atoms. The largest absolute Gasteiger partial charge is 0.399 e. The van der Waals surface area contributed by atoms with Gasteiger partial charge in [0, 0.05) is 12.2 Å². The van der Waals surface area contributed by atoms with E-state index in [1.165, 1.54) is 12.8 Å². The summed E-state index contributed by atoms with van der Waals surface area (Å²) in [6.45, 7) is 5.59. The molecule has 0 heterocycles. The molecule has 88 valence electrons. The summed E-state index contributed by atoms with van der Waals surface area (Å²) in [6, 6.07) is 5.62. The van der Waals surface area contributed by atoms with Gasteiger partial charge in [0.05, 0.1) is 10.7 Å². The first-order valence-electron chi connectivity index (χ1n) is 5.82. The molecule has 0 aliphatic heterocycles. The first-order chi connectivity index (χ1) is 7.53. The Hall–Kier alpha value is -0.890. The second-order valence-corrected chi connectivity index (χ2v) is 5.52. The van der Waals surface area contributed by atoms with E-state index in [1.807, 2.05) is 12.1 Å². The fourth-order valence-corrected chi connectivity index (χ4v) is 2.32. The Kier molecular flexibility index (Phi) is 3.02. The highest BCUT2D eigenvalue weighted by Crippen LogP contribution is 2.51. The summed E-state index contributed by atoms with van der Waals surface area (Å²) in [7, 11) is 0. The summed E-state index contributed by atoms with van der Waals surface area (Å²) in [5.74, 6) is 0.729. The number of benzene rings is 1. The van der Waals surface area contributed by atoms with Crippen molar-refractivity contribution in [3.05, 3.63) is 23.2 Å². The van der Waals surface area contributed by atoms with Crippen molar-refractivity contribution in [3.8, 4) is 0 Å². The number of nitrogens with two attached hydrogens (primary N) is 1. The van der Waals surface area contributed by atoms with Crippen LogP contribution in [0.2, 0.25) is 5.02 Å². The van der Waals surface area contributed by atoms with Crippen LogP contribution >= 0.6 is 11.6 Å². The quantitative estimate of drug-likeness (QED) is 0.784. The molecule has 1 aliphatic rings. The van der Waals surface area contributed by atoms with E-state index in [9.17, 15) is 0 Å². The van der Waals surface area contributed by atoms with Gasteiger partial charge in [-0.1, -0.05) is 25.4 Å². The topological polar surface area (TPSA) is 38.0 Å². The van der Waals surface area contributed by atoms with Crippen molar-refractivity contribution in [1.29, 1.82) is 0 Å². The summed E-state index contributed by atoms with van der Waals surface area (Å²) in [6.07, 6.45) is 2.65. The highest BCUT2D eigenvalue weighted by atomic mass is 35.5. The van der Waals surface area contributed by atoms with Crippen LogP contribution in [0.15, 0.2) is 18.2 Å². The third kappa shape index (κ3) is 2.27. The van der Waals surface area contributed by atoms with Crippen molar-refractivity contribution in [1.82, 2.24) is 0 Å². The van der Waals surface area contributed by atoms with E-state index < -0.39 is 0 Å². The second kappa shape index (κ2) is 4.17. The molecule has 0 radical (unpaired) electrons. The Balaban J connectivity index is 2.00. The Morgan fingerprint density at radius 2 is 2.12 bits per heavy atom. The summed E-state index contributed by atoms with van der Waals surface area (Å²) < 4.78 is 0. The lowest BCUT2D eigenvalue weighted by Gasteiger charge is -2.21. The van der Waals surface area contributed by atoms with Gasteiger partial charge in [-0.25, -0.2) is 0 Å². The Labute approximate surface area is 102 Å². The van der Waals surface area contributed by atoms with Gasteiger partial charge in [-0.05, 0) is 42.4 Å². The van der Waals surface area contributed by atoms with Gasteiger partial charge in [0.2, 0.25) is 0 Å². The highest BCUT2D eigenvalue weighted by molar-refractivity contribution is 6.33. The van der Waals surface area contributed by atoms with Gasteiger partial charge < -0.3 is 11.1 Å². The molecule has 0 unspecified atom stereocenters. The van der Waals surface area contributed by atoms with E-state index in [1.54, 1.807) is 6.07 Å². The number of halogens is 1. The van der Waals surface area contributed by atoms with E-state index in [-0.39, 0.29) is 0 Å². The first kappa shape index (κ1) is 11.6. The molecule has 0 amide bonds. The van der Waals surface area contributed by atoms with Crippen LogP contribution in [0.3, 0.4) is 0 Å². The van der Waals surface area contributed by atoms with Gasteiger partial charge in [0.25, 0.3) is 0 Å². The molecular weight excluding hydrogens is 220 g/mol. The zero-order valence-corrected chi connectivity index (χ0v) is 10.6.